The Labute approximate surface area is 125 Å². The SMILES string of the molecule is NC(=O)C1CC(=O)NCCN1C(=O)c1cccc(F)c1Cl. The molecule has 112 valence electrons. The first-order valence-electron chi connectivity index (χ1n) is 6.23. The zero-order chi connectivity index (χ0) is 15.6. The first kappa shape index (κ1) is 15.2. The number of nitrogens with one attached hydrogen (secondary N) is 1. The van der Waals surface area contributed by atoms with E-state index in [2.05, 4.69) is 5.32 Å². The number of amides is 3. The third kappa shape index (κ3) is 3.13. The van der Waals surface area contributed by atoms with Gasteiger partial charge in [-0.1, -0.05) is 17.7 Å². The molecule has 1 aliphatic heterocycles. The molecule has 3 N–H and O–H groups in total. The highest BCUT2D eigenvalue weighted by Gasteiger charge is 2.33. The van der Waals surface area contributed by atoms with Gasteiger partial charge < -0.3 is 16.0 Å². The van der Waals surface area contributed by atoms with E-state index in [0.29, 0.717) is 0 Å². The van der Waals surface area contributed by atoms with E-state index in [9.17, 15) is 18.8 Å². The molecule has 0 spiro atoms. The van der Waals surface area contributed by atoms with Gasteiger partial charge in [0, 0.05) is 13.1 Å². The Bertz CT molecular complexity index is 608. The molecule has 1 unspecified atom stereocenters. The highest BCUT2D eigenvalue weighted by Crippen LogP contribution is 2.22. The molecule has 0 bridgehead atoms. The van der Waals surface area contributed by atoms with Crippen molar-refractivity contribution in [3.63, 3.8) is 0 Å². The number of carbonyl (C=O) groups excluding carboxylic acids is 3. The fourth-order valence-electron chi connectivity index (χ4n) is 2.15. The summed E-state index contributed by atoms with van der Waals surface area (Å²) < 4.78 is 13.4. The lowest BCUT2D eigenvalue weighted by Crippen LogP contribution is -2.48. The van der Waals surface area contributed by atoms with E-state index in [1.807, 2.05) is 0 Å². The summed E-state index contributed by atoms with van der Waals surface area (Å²) in [5, 5.41) is 2.22. The molecular weight excluding hydrogens is 301 g/mol. The molecular formula is C13H13ClFN3O3. The fourth-order valence-corrected chi connectivity index (χ4v) is 2.36. The van der Waals surface area contributed by atoms with Gasteiger partial charge in [0.1, 0.15) is 11.9 Å². The van der Waals surface area contributed by atoms with Crippen molar-refractivity contribution in [3.05, 3.63) is 34.6 Å². The molecule has 8 heteroatoms. The number of rotatable bonds is 2. The van der Waals surface area contributed by atoms with Crippen LogP contribution in [0.5, 0.6) is 0 Å². The standard InChI is InChI=1S/C13H13ClFN3O3/c14-11-7(2-1-3-8(11)15)13(21)18-5-4-17-10(19)6-9(18)12(16)20/h1-3,9H,4-6H2,(H2,16,20)(H,17,19). The first-order valence-corrected chi connectivity index (χ1v) is 6.60. The van der Waals surface area contributed by atoms with Gasteiger partial charge in [0.05, 0.1) is 17.0 Å². The first-order chi connectivity index (χ1) is 9.91. The van der Waals surface area contributed by atoms with Crippen LogP contribution in [0.15, 0.2) is 18.2 Å². The van der Waals surface area contributed by atoms with Gasteiger partial charge in [0.15, 0.2) is 0 Å². The molecule has 1 aromatic rings. The van der Waals surface area contributed by atoms with Crippen LogP contribution in [-0.4, -0.2) is 41.8 Å². The lowest BCUT2D eigenvalue weighted by atomic mass is 10.1. The Kier molecular flexibility index (Phi) is 4.42. The Hall–Kier alpha value is -2.15. The Morgan fingerprint density at radius 3 is 2.81 bits per heavy atom. The van der Waals surface area contributed by atoms with Gasteiger partial charge in [0.2, 0.25) is 11.8 Å². The number of benzene rings is 1. The van der Waals surface area contributed by atoms with Crippen LogP contribution in [0.25, 0.3) is 0 Å². The Morgan fingerprint density at radius 1 is 1.43 bits per heavy atom. The number of carbonyl (C=O) groups is 3. The number of nitrogens with zero attached hydrogens (tertiary/aromatic N) is 1. The predicted molar refractivity (Wildman–Crippen MR) is 73.1 cm³/mol. The van der Waals surface area contributed by atoms with Gasteiger partial charge in [-0.05, 0) is 12.1 Å². The molecule has 1 heterocycles. The lowest BCUT2D eigenvalue weighted by molar-refractivity contribution is -0.127. The molecule has 6 nitrogen and oxygen atoms in total. The van der Waals surface area contributed by atoms with Gasteiger partial charge in [-0.25, -0.2) is 4.39 Å². The van der Waals surface area contributed by atoms with Crippen molar-refractivity contribution in [3.8, 4) is 0 Å². The van der Waals surface area contributed by atoms with Gasteiger partial charge in [-0.2, -0.15) is 0 Å². The highest BCUT2D eigenvalue weighted by atomic mass is 35.5. The second kappa shape index (κ2) is 6.09. The van der Waals surface area contributed by atoms with E-state index in [4.69, 9.17) is 17.3 Å². The number of primary amides is 1. The summed E-state index contributed by atoms with van der Waals surface area (Å²) in [4.78, 5) is 36.6. The Balaban J connectivity index is 2.37. The normalized spacial score (nSPS) is 18.9. The Morgan fingerprint density at radius 2 is 2.14 bits per heavy atom. The van der Waals surface area contributed by atoms with Crippen LogP contribution in [0, 0.1) is 5.82 Å². The minimum Gasteiger partial charge on any atom is -0.368 e. The second-order valence-electron chi connectivity index (χ2n) is 4.57. The van der Waals surface area contributed by atoms with Crippen molar-refractivity contribution in [2.24, 2.45) is 5.73 Å². The molecule has 0 aromatic heterocycles. The van der Waals surface area contributed by atoms with Crippen LogP contribution in [0.2, 0.25) is 5.02 Å². The molecule has 0 saturated carbocycles. The molecule has 1 fully saturated rings. The van der Waals surface area contributed by atoms with Crippen molar-refractivity contribution in [2.45, 2.75) is 12.5 Å². The molecule has 1 aromatic carbocycles. The van der Waals surface area contributed by atoms with Gasteiger partial charge in [-0.3, -0.25) is 14.4 Å². The third-order valence-corrected chi connectivity index (χ3v) is 3.59. The van der Waals surface area contributed by atoms with E-state index < -0.39 is 23.7 Å². The average molecular weight is 314 g/mol. The number of halogens is 2. The van der Waals surface area contributed by atoms with Crippen LogP contribution < -0.4 is 11.1 Å². The van der Waals surface area contributed by atoms with Crippen molar-refractivity contribution >= 4 is 29.3 Å². The second-order valence-corrected chi connectivity index (χ2v) is 4.95. The lowest BCUT2D eigenvalue weighted by Gasteiger charge is -2.27. The average Bonchev–Trinajstić information content (AvgIpc) is 2.63. The van der Waals surface area contributed by atoms with Crippen molar-refractivity contribution < 1.29 is 18.8 Å². The zero-order valence-electron chi connectivity index (χ0n) is 10.9. The van der Waals surface area contributed by atoms with Gasteiger partial charge >= 0.3 is 0 Å². The summed E-state index contributed by atoms with van der Waals surface area (Å²) in [6, 6.07) is 2.73. The van der Waals surface area contributed by atoms with Crippen LogP contribution in [-0.2, 0) is 9.59 Å². The monoisotopic (exact) mass is 313 g/mol. The quantitative estimate of drug-likeness (QED) is 0.822. The molecule has 0 radical (unpaired) electrons. The number of nitrogens with two attached hydrogens (primary N) is 1. The van der Waals surface area contributed by atoms with Crippen molar-refractivity contribution in [1.29, 1.82) is 0 Å². The topological polar surface area (TPSA) is 92.5 Å². The molecule has 1 saturated heterocycles. The summed E-state index contributed by atoms with van der Waals surface area (Å²) in [7, 11) is 0. The predicted octanol–water partition coefficient (Wildman–Crippen LogP) is 0.295. The summed E-state index contributed by atoms with van der Waals surface area (Å²) >= 11 is 5.78. The van der Waals surface area contributed by atoms with Crippen molar-refractivity contribution in [1.82, 2.24) is 10.2 Å². The highest BCUT2D eigenvalue weighted by molar-refractivity contribution is 6.34. The molecule has 2 rings (SSSR count). The van der Waals surface area contributed by atoms with E-state index in [0.717, 1.165) is 11.0 Å². The summed E-state index contributed by atoms with van der Waals surface area (Å²) in [5.74, 6) is -2.55. The van der Waals surface area contributed by atoms with Gasteiger partial charge in [0.25, 0.3) is 5.91 Å². The number of hydrogen-bond acceptors (Lipinski definition) is 3. The van der Waals surface area contributed by atoms with E-state index in [1.54, 1.807) is 0 Å². The largest absolute Gasteiger partial charge is 0.368 e. The minimum atomic E-state index is -1.08. The zero-order valence-corrected chi connectivity index (χ0v) is 11.7. The van der Waals surface area contributed by atoms with Gasteiger partial charge in [-0.15, -0.1) is 0 Å². The maximum Gasteiger partial charge on any atom is 0.256 e. The van der Waals surface area contributed by atoms with E-state index in [-0.39, 0.29) is 36.0 Å². The summed E-state index contributed by atoms with van der Waals surface area (Å²) in [5.41, 5.74) is 5.18. The van der Waals surface area contributed by atoms with E-state index in [1.165, 1.54) is 12.1 Å². The fraction of sp³-hybridized carbons (Fsp3) is 0.308. The maximum absolute atomic E-state index is 13.4. The third-order valence-electron chi connectivity index (χ3n) is 3.20. The molecule has 3 amide bonds. The van der Waals surface area contributed by atoms with Crippen molar-refractivity contribution in [2.75, 3.05) is 13.1 Å². The van der Waals surface area contributed by atoms with Crippen LogP contribution in [0.4, 0.5) is 4.39 Å². The number of hydrogen-bond donors (Lipinski definition) is 2. The van der Waals surface area contributed by atoms with Crippen LogP contribution in [0.1, 0.15) is 16.8 Å². The van der Waals surface area contributed by atoms with Crippen LogP contribution in [0.3, 0.4) is 0 Å². The maximum atomic E-state index is 13.4. The van der Waals surface area contributed by atoms with E-state index >= 15 is 0 Å². The summed E-state index contributed by atoms with van der Waals surface area (Å²) in [6.07, 6.45) is -0.228. The molecule has 1 atom stereocenters. The molecule has 1 aliphatic rings. The summed E-state index contributed by atoms with van der Waals surface area (Å²) in [6.45, 7) is 0.270. The molecule has 21 heavy (non-hydrogen) atoms. The minimum absolute atomic E-state index is 0.0720. The molecule has 0 aliphatic carbocycles. The smallest absolute Gasteiger partial charge is 0.256 e. The van der Waals surface area contributed by atoms with Crippen LogP contribution >= 0.6 is 11.6 Å².